The minimum absolute atomic E-state index is 0.119. The Balaban J connectivity index is 1.60. The maximum absolute atomic E-state index is 12.7. The van der Waals surface area contributed by atoms with Crippen LogP contribution in [0.2, 0.25) is 0 Å². The van der Waals surface area contributed by atoms with Crippen molar-refractivity contribution < 1.29 is 23.2 Å². The van der Waals surface area contributed by atoms with Gasteiger partial charge in [-0.2, -0.15) is 18.3 Å². The van der Waals surface area contributed by atoms with Crippen LogP contribution in [0.15, 0.2) is 61.1 Å². The smallest absolute Gasteiger partial charge is 0.289 e. The van der Waals surface area contributed by atoms with Crippen LogP contribution in [0.3, 0.4) is 0 Å². The van der Waals surface area contributed by atoms with Crippen molar-refractivity contribution in [2.75, 3.05) is 0 Å². The molecule has 6 nitrogen and oxygen atoms in total. The van der Waals surface area contributed by atoms with E-state index in [1.54, 1.807) is 17.9 Å². The summed E-state index contributed by atoms with van der Waals surface area (Å²) >= 11 is 0. The van der Waals surface area contributed by atoms with Crippen LogP contribution >= 0.6 is 0 Å². The molecule has 0 spiro atoms. The molecule has 0 radical (unpaired) electrons. The van der Waals surface area contributed by atoms with Gasteiger partial charge in [0.2, 0.25) is 5.91 Å². The van der Waals surface area contributed by atoms with Gasteiger partial charge in [0.25, 0.3) is 0 Å². The van der Waals surface area contributed by atoms with Crippen molar-refractivity contribution >= 4 is 5.91 Å². The quantitative estimate of drug-likeness (QED) is 0.531. The zero-order valence-electron chi connectivity index (χ0n) is 14.3. The average Bonchev–Trinajstić information content (AvgIpc) is 3.26. The van der Waals surface area contributed by atoms with Gasteiger partial charge in [0.15, 0.2) is 5.82 Å². The number of hydrogen-bond acceptors (Lipinski definition) is 4. The Hall–Kier alpha value is -3.20. The fourth-order valence-electron chi connectivity index (χ4n) is 3.54. The highest BCUT2D eigenvalue weighted by atomic mass is 19.4. The molecule has 0 bridgehead atoms. The SMILES string of the molecule is O=C(NO)[C@@H]1[C@H](c2ccccc2)[C@H]1c1cnn(-c2ccc(C(F)(F)F)cn2)c1. The first kappa shape index (κ1) is 18.2. The third-order valence-corrected chi connectivity index (χ3v) is 4.91. The zero-order chi connectivity index (χ0) is 19.9. The molecule has 2 heterocycles. The standard InChI is InChI=1S/C19H15F3N4O2/c20-19(21,22)13-6-7-14(23-9-13)26-10-12(8-24-26)16-15(17(16)18(27)25-28)11-4-2-1-3-5-11/h1-10,15-17,28H,(H,25,27)/t15-,16-,17-/m1/s1. The van der Waals surface area contributed by atoms with Crippen molar-refractivity contribution in [3.05, 3.63) is 77.7 Å². The molecule has 28 heavy (non-hydrogen) atoms. The average molecular weight is 388 g/mol. The van der Waals surface area contributed by atoms with Crippen LogP contribution in [-0.4, -0.2) is 25.9 Å². The van der Waals surface area contributed by atoms with E-state index in [-0.39, 0.29) is 17.7 Å². The van der Waals surface area contributed by atoms with Gasteiger partial charge in [-0.05, 0) is 23.3 Å². The largest absolute Gasteiger partial charge is 0.417 e. The molecule has 3 aromatic rings. The lowest BCUT2D eigenvalue weighted by molar-refractivity contribution is -0.137. The number of hydrogen-bond donors (Lipinski definition) is 2. The lowest BCUT2D eigenvalue weighted by atomic mass is 10.1. The van der Waals surface area contributed by atoms with Crippen molar-refractivity contribution in [3.63, 3.8) is 0 Å². The van der Waals surface area contributed by atoms with E-state index in [0.717, 1.165) is 23.4 Å². The number of hydroxylamine groups is 1. The molecule has 3 atom stereocenters. The summed E-state index contributed by atoms with van der Waals surface area (Å²) in [5.74, 6) is -1.02. The highest BCUT2D eigenvalue weighted by Gasteiger charge is 2.56. The molecule has 0 unspecified atom stereocenters. The Kier molecular flexibility index (Phi) is 4.38. The molecule has 1 fully saturated rings. The predicted octanol–water partition coefficient (Wildman–Crippen LogP) is 3.29. The van der Waals surface area contributed by atoms with Crippen molar-refractivity contribution in [3.8, 4) is 5.82 Å². The van der Waals surface area contributed by atoms with Gasteiger partial charge in [0.1, 0.15) is 0 Å². The molecule has 1 aliphatic carbocycles. The molecule has 1 aliphatic rings. The lowest BCUT2D eigenvalue weighted by Crippen LogP contribution is -2.21. The number of aromatic nitrogens is 3. The van der Waals surface area contributed by atoms with Gasteiger partial charge < -0.3 is 0 Å². The summed E-state index contributed by atoms with van der Waals surface area (Å²) in [7, 11) is 0. The van der Waals surface area contributed by atoms with Gasteiger partial charge in [-0.1, -0.05) is 30.3 Å². The summed E-state index contributed by atoms with van der Waals surface area (Å²) in [6.45, 7) is 0. The Morgan fingerprint density at radius 1 is 1.04 bits per heavy atom. The molecule has 0 saturated heterocycles. The number of benzene rings is 1. The molecule has 1 saturated carbocycles. The highest BCUT2D eigenvalue weighted by molar-refractivity contribution is 5.84. The van der Waals surface area contributed by atoms with E-state index in [9.17, 15) is 18.0 Å². The molecule has 144 valence electrons. The second-order valence-corrected chi connectivity index (χ2v) is 6.59. The Bertz CT molecular complexity index is 986. The number of nitrogens with zero attached hydrogens (tertiary/aromatic N) is 3. The number of carbonyl (C=O) groups is 1. The Labute approximate surface area is 157 Å². The van der Waals surface area contributed by atoms with Crippen LogP contribution in [-0.2, 0) is 11.0 Å². The number of rotatable bonds is 4. The Morgan fingerprint density at radius 3 is 2.36 bits per heavy atom. The summed E-state index contributed by atoms with van der Waals surface area (Å²) < 4.78 is 39.4. The third kappa shape index (κ3) is 3.24. The van der Waals surface area contributed by atoms with Crippen LogP contribution in [0.25, 0.3) is 5.82 Å². The molecular weight excluding hydrogens is 373 g/mol. The molecule has 4 rings (SSSR count). The van der Waals surface area contributed by atoms with E-state index in [1.165, 1.54) is 10.7 Å². The number of pyridine rings is 1. The van der Waals surface area contributed by atoms with Crippen molar-refractivity contribution in [2.24, 2.45) is 5.92 Å². The van der Waals surface area contributed by atoms with Gasteiger partial charge in [-0.15, -0.1) is 0 Å². The van der Waals surface area contributed by atoms with Crippen LogP contribution in [0.4, 0.5) is 13.2 Å². The van der Waals surface area contributed by atoms with Crippen LogP contribution in [0.5, 0.6) is 0 Å². The van der Waals surface area contributed by atoms with Gasteiger partial charge in [-0.25, -0.2) is 15.1 Å². The fraction of sp³-hybridized carbons (Fsp3) is 0.211. The topological polar surface area (TPSA) is 80.0 Å². The van der Waals surface area contributed by atoms with E-state index < -0.39 is 23.6 Å². The fourth-order valence-corrected chi connectivity index (χ4v) is 3.54. The van der Waals surface area contributed by atoms with Gasteiger partial charge in [0, 0.05) is 24.2 Å². The summed E-state index contributed by atoms with van der Waals surface area (Å²) in [6, 6.07) is 11.6. The van der Waals surface area contributed by atoms with E-state index in [4.69, 9.17) is 5.21 Å². The first-order chi connectivity index (χ1) is 13.4. The van der Waals surface area contributed by atoms with E-state index in [1.807, 2.05) is 30.3 Å². The number of alkyl halides is 3. The van der Waals surface area contributed by atoms with Crippen molar-refractivity contribution in [2.45, 2.75) is 18.0 Å². The van der Waals surface area contributed by atoms with Gasteiger partial charge in [-0.3, -0.25) is 10.0 Å². The molecule has 1 amide bonds. The summed E-state index contributed by atoms with van der Waals surface area (Å²) in [4.78, 5) is 15.9. The molecule has 9 heteroatoms. The zero-order valence-corrected chi connectivity index (χ0v) is 14.3. The second kappa shape index (κ2) is 6.75. The summed E-state index contributed by atoms with van der Waals surface area (Å²) in [5.41, 5.74) is 2.56. The molecule has 0 aliphatic heterocycles. The Morgan fingerprint density at radius 2 is 1.75 bits per heavy atom. The third-order valence-electron chi connectivity index (χ3n) is 4.91. The molecular formula is C19H15F3N4O2. The second-order valence-electron chi connectivity index (χ2n) is 6.59. The van der Waals surface area contributed by atoms with E-state index in [2.05, 4.69) is 10.1 Å². The predicted molar refractivity (Wildman–Crippen MR) is 91.7 cm³/mol. The van der Waals surface area contributed by atoms with Crippen molar-refractivity contribution in [1.29, 1.82) is 0 Å². The first-order valence-corrected chi connectivity index (χ1v) is 8.47. The molecule has 2 N–H and O–H groups in total. The normalized spacial score (nSPS) is 21.4. The maximum atomic E-state index is 12.7. The highest BCUT2D eigenvalue weighted by Crippen LogP contribution is 2.60. The number of halogens is 3. The van der Waals surface area contributed by atoms with Crippen LogP contribution in [0, 0.1) is 5.92 Å². The molecule has 1 aromatic carbocycles. The van der Waals surface area contributed by atoms with Gasteiger partial charge in [0.05, 0.1) is 17.7 Å². The number of nitrogens with one attached hydrogen (secondary N) is 1. The molecule has 2 aromatic heterocycles. The summed E-state index contributed by atoms with van der Waals surface area (Å²) in [6.07, 6.45) is -0.503. The lowest BCUT2D eigenvalue weighted by Gasteiger charge is -2.06. The first-order valence-electron chi connectivity index (χ1n) is 8.47. The number of amides is 1. The van der Waals surface area contributed by atoms with Crippen LogP contribution < -0.4 is 5.48 Å². The summed E-state index contributed by atoms with van der Waals surface area (Å²) in [5, 5.41) is 13.2. The van der Waals surface area contributed by atoms with E-state index in [0.29, 0.717) is 0 Å². The maximum Gasteiger partial charge on any atom is 0.417 e. The minimum atomic E-state index is -4.46. The number of carbonyl (C=O) groups excluding carboxylic acids is 1. The van der Waals surface area contributed by atoms with Gasteiger partial charge >= 0.3 is 6.18 Å². The van der Waals surface area contributed by atoms with E-state index >= 15 is 0 Å². The van der Waals surface area contributed by atoms with Crippen LogP contribution in [0.1, 0.15) is 28.5 Å². The monoisotopic (exact) mass is 388 g/mol. The van der Waals surface area contributed by atoms with Crippen molar-refractivity contribution in [1.82, 2.24) is 20.2 Å². The minimum Gasteiger partial charge on any atom is -0.289 e.